The van der Waals surface area contributed by atoms with Crippen molar-refractivity contribution >= 4 is 81.3 Å². The van der Waals surface area contributed by atoms with Gasteiger partial charge < -0.3 is 43.9 Å². The van der Waals surface area contributed by atoms with Crippen molar-refractivity contribution in [2.45, 2.75) is 110 Å². The van der Waals surface area contributed by atoms with Crippen LogP contribution in [0, 0.1) is 11.8 Å². The van der Waals surface area contributed by atoms with Gasteiger partial charge in [-0.1, -0.05) is 69.8 Å². The maximum Gasteiger partial charge on any atom is 0.253 e. The van der Waals surface area contributed by atoms with E-state index in [1.807, 2.05) is 74.8 Å². The van der Waals surface area contributed by atoms with Crippen molar-refractivity contribution in [2.24, 2.45) is 21.8 Å². The first-order valence-corrected chi connectivity index (χ1v) is 30.7. The van der Waals surface area contributed by atoms with Crippen molar-refractivity contribution in [1.29, 1.82) is 0 Å². The number of anilines is 1. The van der Waals surface area contributed by atoms with E-state index in [-0.39, 0.29) is 60.1 Å². The number of nitrogens with zero attached hydrogens (tertiary/aromatic N) is 7. The van der Waals surface area contributed by atoms with E-state index in [0.29, 0.717) is 74.9 Å². The molecular weight excluding hydrogens is 1100 g/mol. The quantitative estimate of drug-likeness (QED) is 0.0441. The fourth-order valence-electron chi connectivity index (χ4n) is 12.1. The number of fused-ring (bicyclic) bond motifs is 4. The number of unbranched alkanes of at least 4 members (excludes halogenated alkanes) is 4. The molecule has 3 amide bonds. The molecule has 1 fully saturated rings. The van der Waals surface area contributed by atoms with Crippen molar-refractivity contribution in [3.05, 3.63) is 138 Å². The molecule has 456 valence electrons. The van der Waals surface area contributed by atoms with Gasteiger partial charge in [0.2, 0.25) is 5.91 Å². The van der Waals surface area contributed by atoms with Gasteiger partial charge in [0.05, 0.1) is 56.9 Å². The van der Waals surface area contributed by atoms with Gasteiger partial charge in [0, 0.05) is 148 Å². The van der Waals surface area contributed by atoms with Crippen molar-refractivity contribution < 1.29 is 42.9 Å². The number of nitrogens with one attached hydrogen (secondary N) is 1. The Morgan fingerprint density at radius 3 is 1.79 bits per heavy atom. The monoisotopic (exact) mass is 1180 g/mol. The molecule has 6 aliphatic rings. The molecule has 1 saturated heterocycles. The van der Waals surface area contributed by atoms with Crippen molar-refractivity contribution in [1.82, 2.24) is 24.9 Å². The Morgan fingerprint density at radius 2 is 1.23 bits per heavy atom. The Balaban J connectivity index is 0.669. The van der Waals surface area contributed by atoms with Gasteiger partial charge in [0.1, 0.15) is 5.78 Å². The number of methoxy groups -OCH3 is 2. The van der Waals surface area contributed by atoms with Crippen LogP contribution in [0.25, 0.3) is 22.5 Å². The number of amides is 3. The summed E-state index contributed by atoms with van der Waals surface area (Å²) in [6.07, 6.45) is 17.2. The fourth-order valence-corrected chi connectivity index (χ4v) is 12.1. The number of imide groups is 1. The number of rotatable bonds is 27. The molecular formula is C70H82N8O9. The minimum atomic E-state index is -0.754. The molecule has 0 spiro atoms. The van der Waals surface area contributed by atoms with Crippen LogP contribution in [-0.4, -0.2) is 147 Å². The molecule has 0 saturated carbocycles. The first-order chi connectivity index (χ1) is 42.0. The lowest BCUT2D eigenvalue weighted by Gasteiger charge is -2.34. The van der Waals surface area contributed by atoms with Crippen LogP contribution < -0.4 is 29.2 Å². The number of ketones is 2. The molecule has 0 aliphatic carbocycles. The lowest BCUT2D eigenvalue weighted by Crippen LogP contribution is -2.44. The summed E-state index contributed by atoms with van der Waals surface area (Å²) in [5.74, 6) is 0.685. The Kier molecular flexibility index (Phi) is 19.7. The molecule has 1 N–H and O–H groups in total. The average molecular weight is 1180 g/mol. The molecule has 4 aromatic carbocycles. The number of hydrogen-bond acceptors (Lipinski definition) is 15. The number of piperazine rings is 1. The molecule has 87 heavy (non-hydrogen) atoms. The van der Waals surface area contributed by atoms with Gasteiger partial charge in [-0.3, -0.25) is 38.9 Å². The fraction of sp³-hybridized carbons (Fsp3) is 0.414. The highest BCUT2D eigenvalue weighted by Gasteiger charge is 2.34. The maximum absolute atomic E-state index is 13.6. The molecule has 0 bridgehead atoms. The summed E-state index contributed by atoms with van der Waals surface area (Å²) in [5, 5.41) is 2.89. The molecule has 0 unspecified atom stereocenters. The van der Waals surface area contributed by atoms with Crippen LogP contribution in [0.4, 0.5) is 17.1 Å². The molecule has 4 aromatic rings. The van der Waals surface area contributed by atoms with Gasteiger partial charge in [-0.2, -0.15) is 0 Å². The van der Waals surface area contributed by atoms with E-state index in [2.05, 4.69) is 81.8 Å². The van der Waals surface area contributed by atoms with Crippen LogP contribution in [0.5, 0.6) is 23.0 Å². The molecule has 17 heteroatoms. The van der Waals surface area contributed by atoms with E-state index >= 15 is 0 Å². The second-order valence-electron chi connectivity index (χ2n) is 23.9. The number of carbonyl (C=O) groups excluding carboxylic acids is 5. The Labute approximate surface area is 511 Å². The number of Topliss-reactive ketones (excluding diaryl/α,β-unsaturated/α-hetero) is 2. The number of carbonyl (C=O) groups is 5. The molecule has 0 radical (unpaired) electrons. The number of likely N-dealkylation sites (N-methyl/N-ethyl adjacent to an activating group) is 1. The zero-order chi connectivity index (χ0) is 61.3. The third-order valence-electron chi connectivity index (χ3n) is 17.5. The highest BCUT2D eigenvalue weighted by atomic mass is 16.5. The standard InChI is InChI=1S/C70H82N8O9/c1-45(2)58(36-57(79)18-11-9-12-25-76-68(81)23-24-69(76)82)70(83)73-46(3)63(80)33-49-16-15-17-51(32-49)53-35-56-42-72-62-40-67(65(85-8)38-60(62)48(5)78(56)44-53)87-31-14-10-13-30-86-66-39-61-59(37-64(66)84-7)47(4)77-43-52(34-55(77)41-71-61)50-19-21-54(22-20-50)75-28-26-74(6)27-29-75/h15-17,19-24,32,37-46,55-56,58H,4-5,9-14,18,25-31,33-36H2,1-3,6-8H3,(H,73,83)/t46-,55-,56-,58-/m0/s1. The predicted octanol–water partition coefficient (Wildman–Crippen LogP) is 11.0. The molecule has 4 atom stereocenters. The van der Waals surface area contributed by atoms with Gasteiger partial charge in [-0.05, 0) is 104 Å². The Morgan fingerprint density at radius 1 is 0.667 bits per heavy atom. The van der Waals surface area contributed by atoms with E-state index in [1.165, 1.54) is 33.9 Å². The predicted molar refractivity (Wildman–Crippen MR) is 343 cm³/mol. The van der Waals surface area contributed by atoms with Crippen LogP contribution in [0.15, 0.2) is 120 Å². The molecule has 6 aliphatic heterocycles. The molecule has 10 rings (SSSR count). The summed E-state index contributed by atoms with van der Waals surface area (Å²) >= 11 is 0. The second kappa shape index (κ2) is 27.9. The van der Waals surface area contributed by atoms with E-state index < -0.39 is 12.0 Å². The van der Waals surface area contributed by atoms with Crippen LogP contribution in [0.1, 0.15) is 113 Å². The van der Waals surface area contributed by atoms with E-state index in [1.54, 1.807) is 21.1 Å². The first kappa shape index (κ1) is 61.5. The number of benzene rings is 4. The smallest absolute Gasteiger partial charge is 0.253 e. The first-order valence-electron chi connectivity index (χ1n) is 30.7. The SMILES string of the molecule is C=C1c2cc(OC)c(OCCCCCOc3cc4c(cc3OC)C(=C)N3C=C(c5cccc(CC(=O)[C@H](C)NC(=O)[C@@H](CC(=O)CCCCCN6C(=O)C=CC6=O)C(C)C)c5)C[C@H]3C=N4)cc2N=C[C@@H]2CC(c3ccc(N4CCN(C)CC4)cc3)=CN12. The van der Waals surface area contributed by atoms with E-state index in [0.717, 1.165) is 102 Å². The van der Waals surface area contributed by atoms with Gasteiger partial charge in [-0.15, -0.1) is 0 Å². The third-order valence-corrected chi connectivity index (χ3v) is 17.5. The highest BCUT2D eigenvalue weighted by Crippen LogP contribution is 2.46. The van der Waals surface area contributed by atoms with Crippen LogP contribution >= 0.6 is 0 Å². The van der Waals surface area contributed by atoms with Crippen LogP contribution in [0.3, 0.4) is 0 Å². The van der Waals surface area contributed by atoms with Crippen molar-refractivity contribution in [3.63, 3.8) is 0 Å². The third kappa shape index (κ3) is 14.5. The average Bonchev–Trinajstić information content (AvgIpc) is 2.20. The summed E-state index contributed by atoms with van der Waals surface area (Å²) < 4.78 is 24.4. The van der Waals surface area contributed by atoms with Crippen molar-refractivity contribution in [3.8, 4) is 23.0 Å². The van der Waals surface area contributed by atoms with E-state index in [9.17, 15) is 24.0 Å². The van der Waals surface area contributed by atoms with Gasteiger partial charge >= 0.3 is 0 Å². The summed E-state index contributed by atoms with van der Waals surface area (Å²) in [4.78, 5) is 84.0. The molecule has 17 nitrogen and oxygen atoms in total. The summed E-state index contributed by atoms with van der Waals surface area (Å²) in [7, 11) is 5.47. The largest absolute Gasteiger partial charge is 0.493 e. The van der Waals surface area contributed by atoms with Gasteiger partial charge in [0.15, 0.2) is 28.8 Å². The van der Waals surface area contributed by atoms with Crippen LogP contribution in [-0.2, 0) is 30.4 Å². The zero-order valence-electron chi connectivity index (χ0n) is 51.2. The number of hydrogen-bond donors (Lipinski definition) is 1. The summed E-state index contributed by atoms with van der Waals surface area (Å²) in [5.41, 5.74) is 11.6. The minimum Gasteiger partial charge on any atom is -0.493 e. The Hall–Kier alpha value is -8.57. The van der Waals surface area contributed by atoms with Gasteiger partial charge in [0.25, 0.3) is 11.8 Å². The van der Waals surface area contributed by atoms with Crippen LogP contribution in [0.2, 0.25) is 0 Å². The lowest BCUT2D eigenvalue weighted by molar-refractivity contribution is -0.137. The topological polar surface area (TPSA) is 175 Å². The van der Waals surface area contributed by atoms with Crippen molar-refractivity contribution in [2.75, 3.05) is 72.1 Å². The minimum absolute atomic E-state index is 0.0298. The highest BCUT2D eigenvalue weighted by molar-refractivity contribution is 6.12. The van der Waals surface area contributed by atoms with E-state index in [4.69, 9.17) is 28.9 Å². The lowest BCUT2D eigenvalue weighted by atomic mass is 9.88. The Bertz CT molecular complexity index is 3430. The number of aliphatic imine (C=N–C) groups is 2. The summed E-state index contributed by atoms with van der Waals surface area (Å²) in [6, 6.07) is 23.9. The molecule has 0 aromatic heterocycles. The summed E-state index contributed by atoms with van der Waals surface area (Å²) in [6.45, 7) is 20.1. The normalized spacial score (nSPS) is 18.6. The zero-order valence-corrected chi connectivity index (χ0v) is 51.2. The number of ether oxygens (including phenoxy) is 4. The maximum atomic E-state index is 13.6. The second-order valence-corrected chi connectivity index (χ2v) is 23.9. The molecule has 6 heterocycles. The van der Waals surface area contributed by atoms with Gasteiger partial charge in [-0.25, -0.2) is 0 Å².